The fraction of sp³-hybridized carbons (Fsp3) is 0.625. The molecule has 6 nitrogen and oxygen atoms in total. The molecule has 7 heteroatoms. The monoisotopic (exact) mass is 233 g/mol. The number of methoxy groups -OCH3 is 2. The Kier molecular flexibility index (Phi) is 4.51. The number of ether oxygens (including phenoxy) is 3. The van der Waals surface area contributed by atoms with Crippen molar-refractivity contribution in [2.45, 2.75) is 13.0 Å². The van der Waals surface area contributed by atoms with Crippen molar-refractivity contribution in [3.63, 3.8) is 0 Å². The number of hydrogen-bond acceptors (Lipinski definition) is 6. The van der Waals surface area contributed by atoms with E-state index in [2.05, 4.69) is 15.0 Å². The summed E-state index contributed by atoms with van der Waals surface area (Å²) in [5.41, 5.74) is 0. The molecule has 1 rings (SSSR count). The van der Waals surface area contributed by atoms with Crippen LogP contribution >= 0.6 is 11.6 Å². The van der Waals surface area contributed by atoms with Gasteiger partial charge in [-0.3, -0.25) is 0 Å². The maximum atomic E-state index is 5.64. The van der Waals surface area contributed by atoms with E-state index in [1.54, 1.807) is 7.11 Å². The Morgan fingerprint density at radius 2 is 1.87 bits per heavy atom. The molecule has 1 aromatic rings. The van der Waals surface area contributed by atoms with Gasteiger partial charge in [0.25, 0.3) is 0 Å². The van der Waals surface area contributed by atoms with Gasteiger partial charge < -0.3 is 14.2 Å². The third-order valence-electron chi connectivity index (χ3n) is 1.46. The molecular weight excluding hydrogens is 222 g/mol. The lowest BCUT2D eigenvalue weighted by Gasteiger charge is -2.11. The summed E-state index contributed by atoms with van der Waals surface area (Å²) in [6.07, 6.45) is -0.168. The second kappa shape index (κ2) is 5.67. The first-order valence-corrected chi connectivity index (χ1v) is 4.64. The van der Waals surface area contributed by atoms with E-state index < -0.39 is 0 Å². The van der Waals surface area contributed by atoms with Crippen molar-refractivity contribution in [3.8, 4) is 12.0 Å². The van der Waals surface area contributed by atoms with Crippen LogP contribution in [-0.2, 0) is 4.74 Å². The van der Waals surface area contributed by atoms with Gasteiger partial charge in [-0.05, 0) is 18.5 Å². The van der Waals surface area contributed by atoms with Crippen LogP contribution in [0.3, 0.4) is 0 Å². The molecule has 1 aromatic heterocycles. The minimum atomic E-state index is -0.168. The molecule has 1 unspecified atom stereocenters. The van der Waals surface area contributed by atoms with Gasteiger partial charge in [-0.1, -0.05) is 0 Å². The summed E-state index contributed by atoms with van der Waals surface area (Å²) < 4.78 is 15.0. The Labute approximate surface area is 92.6 Å². The Bertz CT molecular complexity index is 324. The fourth-order valence-corrected chi connectivity index (χ4v) is 1.05. The van der Waals surface area contributed by atoms with Crippen molar-refractivity contribution in [2.24, 2.45) is 0 Å². The largest absolute Gasteiger partial charge is 0.467 e. The minimum absolute atomic E-state index is 0.0291. The summed E-state index contributed by atoms with van der Waals surface area (Å²) in [6, 6.07) is 0.242. The van der Waals surface area contributed by atoms with Crippen LogP contribution in [0.15, 0.2) is 0 Å². The van der Waals surface area contributed by atoms with Gasteiger partial charge >= 0.3 is 12.0 Å². The highest BCUT2D eigenvalue weighted by molar-refractivity contribution is 6.28. The maximum Gasteiger partial charge on any atom is 0.324 e. The van der Waals surface area contributed by atoms with E-state index in [0.717, 1.165) is 0 Å². The predicted molar refractivity (Wildman–Crippen MR) is 53.4 cm³/mol. The smallest absolute Gasteiger partial charge is 0.324 e. The quantitative estimate of drug-likeness (QED) is 0.754. The Morgan fingerprint density at radius 1 is 1.20 bits per heavy atom. The van der Waals surface area contributed by atoms with Gasteiger partial charge in [0, 0.05) is 7.11 Å². The van der Waals surface area contributed by atoms with Gasteiger partial charge in [-0.2, -0.15) is 9.97 Å². The summed E-state index contributed by atoms with van der Waals surface area (Å²) in [4.78, 5) is 11.4. The van der Waals surface area contributed by atoms with Gasteiger partial charge in [0.2, 0.25) is 5.28 Å². The molecule has 0 aliphatic carbocycles. The molecule has 0 bridgehead atoms. The molecule has 0 amide bonds. The Morgan fingerprint density at radius 3 is 2.47 bits per heavy atom. The minimum Gasteiger partial charge on any atom is -0.467 e. The molecule has 0 radical (unpaired) electrons. The van der Waals surface area contributed by atoms with E-state index in [-0.39, 0.29) is 23.4 Å². The van der Waals surface area contributed by atoms with Crippen LogP contribution < -0.4 is 9.47 Å². The highest BCUT2D eigenvalue weighted by atomic mass is 35.5. The molecular formula is C8H12ClN3O3. The standard InChI is InChI=1S/C8H12ClN3O3/c1-5(4-13-2)15-8-11-6(9)10-7(12-8)14-3/h5H,4H2,1-3H3. The maximum absolute atomic E-state index is 5.64. The molecule has 0 aliphatic rings. The van der Waals surface area contributed by atoms with Crippen molar-refractivity contribution in [3.05, 3.63) is 5.28 Å². The van der Waals surface area contributed by atoms with Crippen LogP contribution in [0.25, 0.3) is 0 Å². The third-order valence-corrected chi connectivity index (χ3v) is 1.63. The third kappa shape index (κ3) is 3.85. The molecule has 1 heterocycles. The van der Waals surface area contributed by atoms with Gasteiger partial charge in [0.15, 0.2) is 0 Å². The normalized spacial score (nSPS) is 12.3. The number of hydrogen-bond donors (Lipinski definition) is 0. The molecule has 1 atom stereocenters. The first kappa shape index (κ1) is 11.9. The van der Waals surface area contributed by atoms with Crippen LogP contribution in [0.1, 0.15) is 6.92 Å². The van der Waals surface area contributed by atoms with Crippen LogP contribution in [0.5, 0.6) is 12.0 Å². The van der Waals surface area contributed by atoms with Crippen LogP contribution in [0.4, 0.5) is 0 Å². The first-order valence-electron chi connectivity index (χ1n) is 4.27. The molecule has 0 aliphatic heterocycles. The van der Waals surface area contributed by atoms with Crippen molar-refractivity contribution in [1.82, 2.24) is 15.0 Å². The SMILES string of the molecule is COCC(C)Oc1nc(Cl)nc(OC)n1. The van der Waals surface area contributed by atoms with E-state index in [0.29, 0.717) is 6.61 Å². The molecule has 15 heavy (non-hydrogen) atoms. The Balaban J connectivity index is 2.71. The highest BCUT2D eigenvalue weighted by Crippen LogP contribution is 2.13. The summed E-state index contributed by atoms with van der Waals surface area (Å²) >= 11 is 5.64. The lowest BCUT2D eigenvalue weighted by Crippen LogP contribution is -2.19. The van der Waals surface area contributed by atoms with E-state index in [9.17, 15) is 0 Å². The van der Waals surface area contributed by atoms with E-state index in [1.807, 2.05) is 6.92 Å². The molecule has 0 saturated carbocycles. The predicted octanol–water partition coefficient (Wildman–Crippen LogP) is 0.947. The molecule has 84 valence electrons. The van der Waals surface area contributed by atoms with Crippen molar-refractivity contribution >= 4 is 11.6 Å². The summed E-state index contributed by atoms with van der Waals surface area (Å²) in [7, 11) is 3.02. The summed E-state index contributed by atoms with van der Waals surface area (Å²) in [5, 5.41) is 0.0291. The highest BCUT2D eigenvalue weighted by Gasteiger charge is 2.09. The van der Waals surface area contributed by atoms with Crippen molar-refractivity contribution in [1.29, 1.82) is 0 Å². The first-order chi connectivity index (χ1) is 7.15. The zero-order valence-corrected chi connectivity index (χ0v) is 9.48. The topological polar surface area (TPSA) is 66.4 Å². The van der Waals surface area contributed by atoms with Gasteiger partial charge in [-0.25, -0.2) is 0 Å². The average molecular weight is 234 g/mol. The van der Waals surface area contributed by atoms with Crippen LogP contribution in [0, 0.1) is 0 Å². The number of nitrogens with zero attached hydrogens (tertiary/aromatic N) is 3. The zero-order valence-electron chi connectivity index (χ0n) is 8.73. The van der Waals surface area contributed by atoms with E-state index in [4.69, 9.17) is 25.8 Å². The molecule has 0 aromatic carbocycles. The number of aromatic nitrogens is 3. The zero-order chi connectivity index (χ0) is 11.3. The molecule has 0 fully saturated rings. The van der Waals surface area contributed by atoms with E-state index in [1.165, 1.54) is 7.11 Å². The van der Waals surface area contributed by atoms with Crippen LogP contribution in [-0.4, -0.2) is 41.9 Å². The average Bonchev–Trinajstić information content (AvgIpc) is 2.17. The lowest BCUT2D eigenvalue weighted by atomic mass is 10.4. The van der Waals surface area contributed by atoms with Crippen molar-refractivity contribution < 1.29 is 14.2 Å². The molecule has 0 saturated heterocycles. The summed E-state index contributed by atoms with van der Waals surface area (Å²) in [5.74, 6) is 0. The lowest BCUT2D eigenvalue weighted by molar-refractivity contribution is 0.0846. The van der Waals surface area contributed by atoms with Crippen molar-refractivity contribution in [2.75, 3.05) is 20.8 Å². The number of halogens is 1. The second-order valence-corrected chi connectivity index (χ2v) is 3.10. The molecule has 0 N–H and O–H groups in total. The number of rotatable bonds is 5. The van der Waals surface area contributed by atoms with Crippen LogP contribution in [0.2, 0.25) is 5.28 Å². The second-order valence-electron chi connectivity index (χ2n) is 2.76. The molecule has 0 spiro atoms. The van der Waals surface area contributed by atoms with Gasteiger partial charge in [0.1, 0.15) is 6.10 Å². The van der Waals surface area contributed by atoms with Gasteiger partial charge in [-0.15, -0.1) is 4.98 Å². The van der Waals surface area contributed by atoms with Gasteiger partial charge in [0.05, 0.1) is 13.7 Å². The van der Waals surface area contributed by atoms with E-state index >= 15 is 0 Å². The fourth-order valence-electron chi connectivity index (χ4n) is 0.907. The Hall–Kier alpha value is -1.14. The summed E-state index contributed by atoms with van der Waals surface area (Å²) in [6.45, 7) is 2.26.